The Labute approximate surface area is 155 Å². The van der Waals surface area contributed by atoms with Gasteiger partial charge in [0.1, 0.15) is 0 Å². The van der Waals surface area contributed by atoms with Gasteiger partial charge in [-0.25, -0.2) is 9.48 Å². The molecule has 0 aliphatic heterocycles. The highest BCUT2D eigenvalue weighted by molar-refractivity contribution is 6.30. The van der Waals surface area contributed by atoms with E-state index in [2.05, 4.69) is 15.7 Å². The van der Waals surface area contributed by atoms with E-state index in [0.717, 1.165) is 16.8 Å². The average molecular weight is 375 g/mol. The van der Waals surface area contributed by atoms with Crippen LogP contribution < -0.4 is 10.6 Å². The molecule has 128 valence electrons. The van der Waals surface area contributed by atoms with Gasteiger partial charge in [-0.3, -0.25) is 0 Å². The van der Waals surface area contributed by atoms with Crippen molar-refractivity contribution in [2.24, 2.45) is 0 Å². The van der Waals surface area contributed by atoms with E-state index in [-0.39, 0.29) is 6.03 Å². The van der Waals surface area contributed by atoms with Crippen LogP contribution in [0.15, 0.2) is 60.9 Å². The maximum Gasteiger partial charge on any atom is 0.315 e. The van der Waals surface area contributed by atoms with Gasteiger partial charge in [0, 0.05) is 34.9 Å². The highest BCUT2D eigenvalue weighted by Crippen LogP contribution is 2.13. The molecule has 7 heteroatoms. The van der Waals surface area contributed by atoms with Crippen LogP contribution in [-0.4, -0.2) is 15.8 Å². The molecule has 0 aliphatic rings. The standard InChI is InChI=1S/C18H16Cl2N4O/c19-15-4-6-17(7-5-15)24-12-14(11-23-24)10-22-18(25)21-9-13-2-1-3-16(20)8-13/h1-8,11-12H,9-10H2,(H2,21,22,25). The molecular weight excluding hydrogens is 359 g/mol. The van der Waals surface area contributed by atoms with Crippen molar-refractivity contribution in [3.8, 4) is 5.69 Å². The summed E-state index contributed by atoms with van der Waals surface area (Å²) >= 11 is 11.8. The number of carbonyl (C=O) groups excluding carboxylic acids is 1. The van der Waals surface area contributed by atoms with Crippen molar-refractivity contribution in [1.29, 1.82) is 0 Å². The van der Waals surface area contributed by atoms with Gasteiger partial charge in [-0.1, -0.05) is 35.3 Å². The van der Waals surface area contributed by atoms with Gasteiger partial charge in [-0.15, -0.1) is 0 Å². The Kier molecular flexibility index (Phi) is 5.58. The predicted octanol–water partition coefficient (Wildman–Crippen LogP) is 4.18. The van der Waals surface area contributed by atoms with Crippen LogP contribution >= 0.6 is 23.2 Å². The molecule has 3 rings (SSSR count). The van der Waals surface area contributed by atoms with Crippen molar-refractivity contribution in [3.63, 3.8) is 0 Å². The lowest BCUT2D eigenvalue weighted by atomic mass is 10.2. The normalized spacial score (nSPS) is 10.5. The summed E-state index contributed by atoms with van der Waals surface area (Å²) in [6.07, 6.45) is 3.58. The molecule has 2 N–H and O–H groups in total. The number of nitrogens with zero attached hydrogens (tertiary/aromatic N) is 2. The van der Waals surface area contributed by atoms with E-state index in [1.807, 2.05) is 36.5 Å². The van der Waals surface area contributed by atoms with Gasteiger partial charge < -0.3 is 10.6 Å². The Bertz CT molecular complexity index is 862. The Morgan fingerprint density at radius 3 is 2.40 bits per heavy atom. The number of carbonyl (C=O) groups is 1. The summed E-state index contributed by atoms with van der Waals surface area (Å²) < 4.78 is 1.73. The topological polar surface area (TPSA) is 59.0 Å². The third kappa shape index (κ3) is 4.98. The molecular formula is C18H16Cl2N4O. The van der Waals surface area contributed by atoms with Crippen molar-refractivity contribution >= 4 is 29.2 Å². The van der Waals surface area contributed by atoms with Crippen molar-refractivity contribution in [2.75, 3.05) is 0 Å². The molecule has 0 unspecified atom stereocenters. The first kappa shape index (κ1) is 17.3. The molecule has 0 fully saturated rings. The molecule has 0 saturated heterocycles. The zero-order valence-electron chi connectivity index (χ0n) is 13.2. The zero-order valence-corrected chi connectivity index (χ0v) is 14.8. The van der Waals surface area contributed by atoms with Gasteiger partial charge in [0.25, 0.3) is 0 Å². The second-order valence-corrected chi connectivity index (χ2v) is 6.31. The quantitative estimate of drug-likeness (QED) is 0.703. The number of benzene rings is 2. The number of nitrogens with one attached hydrogen (secondary N) is 2. The highest BCUT2D eigenvalue weighted by Gasteiger charge is 2.04. The minimum atomic E-state index is -0.251. The van der Waals surface area contributed by atoms with E-state index >= 15 is 0 Å². The van der Waals surface area contributed by atoms with Crippen molar-refractivity contribution in [2.45, 2.75) is 13.1 Å². The number of rotatable bonds is 5. The van der Waals surface area contributed by atoms with Gasteiger partial charge in [0.15, 0.2) is 0 Å². The molecule has 0 atom stereocenters. The molecule has 25 heavy (non-hydrogen) atoms. The average Bonchev–Trinajstić information content (AvgIpc) is 3.08. The first-order valence-corrected chi connectivity index (χ1v) is 8.41. The third-order valence-electron chi connectivity index (χ3n) is 3.52. The van der Waals surface area contributed by atoms with Gasteiger partial charge in [0.05, 0.1) is 11.9 Å². The summed E-state index contributed by atoms with van der Waals surface area (Å²) in [5, 5.41) is 11.2. The number of aromatic nitrogens is 2. The molecule has 1 aromatic heterocycles. The fourth-order valence-electron chi connectivity index (χ4n) is 2.26. The lowest BCUT2D eigenvalue weighted by molar-refractivity contribution is 0.240. The largest absolute Gasteiger partial charge is 0.334 e. The summed E-state index contributed by atoms with van der Waals surface area (Å²) in [5.74, 6) is 0. The molecule has 0 radical (unpaired) electrons. The van der Waals surface area contributed by atoms with E-state index in [0.29, 0.717) is 23.1 Å². The van der Waals surface area contributed by atoms with Crippen LogP contribution in [0.4, 0.5) is 4.79 Å². The van der Waals surface area contributed by atoms with Crippen LogP contribution in [0, 0.1) is 0 Å². The molecule has 2 aromatic carbocycles. The SMILES string of the molecule is O=C(NCc1cccc(Cl)c1)NCc1cnn(-c2ccc(Cl)cc2)c1. The first-order chi connectivity index (χ1) is 12.1. The monoisotopic (exact) mass is 374 g/mol. The van der Waals surface area contributed by atoms with Gasteiger partial charge in [-0.05, 0) is 42.0 Å². The summed E-state index contributed by atoms with van der Waals surface area (Å²) in [4.78, 5) is 11.9. The van der Waals surface area contributed by atoms with Gasteiger partial charge >= 0.3 is 6.03 Å². The van der Waals surface area contributed by atoms with E-state index in [1.54, 1.807) is 29.1 Å². The Morgan fingerprint density at radius 2 is 1.68 bits per heavy atom. The van der Waals surface area contributed by atoms with E-state index in [1.165, 1.54) is 0 Å². The minimum Gasteiger partial charge on any atom is -0.334 e. The van der Waals surface area contributed by atoms with Crippen molar-refractivity contribution in [3.05, 3.63) is 82.1 Å². The van der Waals surface area contributed by atoms with Crippen LogP contribution in [-0.2, 0) is 13.1 Å². The fraction of sp³-hybridized carbons (Fsp3) is 0.111. The van der Waals surface area contributed by atoms with Crippen LogP contribution in [0.3, 0.4) is 0 Å². The summed E-state index contributed by atoms with van der Waals surface area (Å²) in [6.45, 7) is 0.797. The number of hydrogen-bond acceptors (Lipinski definition) is 2. The Morgan fingerprint density at radius 1 is 0.960 bits per heavy atom. The molecule has 0 bridgehead atoms. The molecule has 5 nitrogen and oxygen atoms in total. The number of amides is 2. The molecule has 0 spiro atoms. The lowest BCUT2D eigenvalue weighted by Gasteiger charge is -2.07. The highest BCUT2D eigenvalue weighted by atomic mass is 35.5. The second-order valence-electron chi connectivity index (χ2n) is 5.44. The molecule has 0 saturated carbocycles. The molecule has 0 aliphatic carbocycles. The van der Waals surface area contributed by atoms with Crippen molar-refractivity contribution < 1.29 is 4.79 Å². The van der Waals surface area contributed by atoms with Crippen LogP contribution in [0.25, 0.3) is 5.69 Å². The maximum absolute atomic E-state index is 11.9. The molecule has 3 aromatic rings. The number of urea groups is 1. The van der Waals surface area contributed by atoms with Gasteiger partial charge in [-0.2, -0.15) is 5.10 Å². The maximum atomic E-state index is 11.9. The molecule has 2 amide bonds. The van der Waals surface area contributed by atoms with Gasteiger partial charge in [0.2, 0.25) is 0 Å². The zero-order chi connectivity index (χ0) is 17.6. The minimum absolute atomic E-state index is 0.251. The number of halogens is 2. The lowest BCUT2D eigenvalue weighted by Crippen LogP contribution is -2.34. The predicted molar refractivity (Wildman–Crippen MR) is 99.1 cm³/mol. The Hall–Kier alpha value is -2.50. The Balaban J connectivity index is 1.50. The number of hydrogen-bond donors (Lipinski definition) is 2. The smallest absolute Gasteiger partial charge is 0.315 e. The summed E-state index contributed by atoms with van der Waals surface area (Å²) in [5.41, 5.74) is 2.74. The summed E-state index contributed by atoms with van der Waals surface area (Å²) in [6, 6.07) is 14.5. The van der Waals surface area contributed by atoms with Crippen LogP contribution in [0.2, 0.25) is 10.0 Å². The van der Waals surface area contributed by atoms with Crippen LogP contribution in [0.5, 0.6) is 0 Å². The van der Waals surface area contributed by atoms with Crippen molar-refractivity contribution in [1.82, 2.24) is 20.4 Å². The van der Waals surface area contributed by atoms with E-state index in [4.69, 9.17) is 23.2 Å². The van der Waals surface area contributed by atoms with E-state index < -0.39 is 0 Å². The first-order valence-electron chi connectivity index (χ1n) is 7.66. The fourth-order valence-corrected chi connectivity index (χ4v) is 2.60. The molecule has 1 heterocycles. The van der Waals surface area contributed by atoms with Crippen LogP contribution in [0.1, 0.15) is 11.1 Å². The second kappa shape index (κ2) is 8.05. The third-order valence-corrected chi connectivity index (χ3v) is 4.01. The van der Waals surface area contributed by atoms with E-state index in [9.17, 15) is 4.79 Å². The summed E-state index contributed by atoms with van der Waals surface area (Å²) in [7, 11) is 0.